The second-order valence-corrected chi connectivity index (χ2v) is 6.70. The molecule has 0 unspecified atom stereocenters. The second-order valence-electron chi connectivity index (χ2n) is 5.67. The molecule has 0 N–H and O–H groups in total. The molecule has 0 bridgehead atoms. The lowest BCUT2D eigenvalue weighted by molar-refractivity contribution is 0.0780. The summed E-state index contributed by atoms with van der Waals surface area (Å²) in [4.78, 5) is 19.7. The molecule has 0 fully saturated rings. The van der Waals surface area contributed by atoms with Crippen molar-refractivity contribution in [3.8, 4) is 10.6 Å². The molecule has 2 aromatic carbocycles. The second kappa shape index (κ2) is 8.40. The maximum Gasteiger partial charge on any atom is 0.265 e. The Labute approximate surface area is 152 Å². The summed E-state index contributed by atoms with van der Waals surface area (Å²) < 4.78 is 0. The van der Waals surface area contributed by atoms with Gasteiger partial charge < -0.3 is 4.90 Å². The van der Waals surface area contributed by atoms with Crippen LogP contribution in [-0.4, -0.2) is 28.9 Å². The maximum absolute atomic E-state index is 12.8. The van der Waals surface area contributed by atoms with E-state index in [1.807, 2.05) is 53.4 Å². The van der Waals surface area contributed by atoms with Crippen molar-refractivity contribution in [2.24, 2.45) is 0 Å². The monoisotopic (exact) mass is 348 g/mol. The van der Waals surface area contributed by atoms with Crippen LogP contribution in [0.25, 0.3) is 10.6 Å². The van der Waals surface area contributed by atoms with Crippen LogP contribution >= 0.6 is 11.3 Å². The number of hydrogen-bond donors (Lipinski definition) is 0. The van der Waals surface area contributed by atoms with Gasteiger partial charge in [-0.05, 0) is 12.0 Å². The molecule has 1 heterocycles. The van der Waals surface area contributed by atoms with Gasteiger partial charge in [-0.25, -0.2) is 4.98 Å². The van der Waals surface area contributed by atoms with Crippen molar-refractivity contribution in [3.05, 3.63) is 90.0 Å². The van der Waals surface area contributed by atoms with Crippen LogP contribution in [-0.2, 0) is 6.42 Å². The van der Waals surface area contributed by atoms with Gasteiger partial charge in [0.1, 0.15) is 9.88 Å². The first-order valence-corrected chi connectivity index (χ1v) is 9.05. The Balaban J connectivity index is 1.72. The molecule has 3 nitrogen and oxygen atoms in total. The first-order chi connectivity index (χ1) is 12.3. The molecule has 4 heteroatoms. The van der Waals surface area contributed by atoms with E-state index in [9.17, 15) is 4.79 Å². The quantitative estimate of drug-likeness (QED) is 0.581. The average molecular weight is 348 g/mol. The van der Waals surface area contributed by atoms with Crippen LogP contribution < -0.4 is 0 Å². The lowest BCUT2D eigenvalue weighted by Crippen LogP contribution is -2.32. The molecule has 126 valence electrons. The van der Waals surface area contributed by atoms with Gasteiger partial charge in [0.05, 0.1) is 6.20 Å². The zero-order valence-electron chi connectivity index (χ0n) is 14.0. The molecule has 0 saturated carbocycles. The van der Waals surface area contributed by atoms with Crippen LogP contribution in [0.1, 0.15) is 15.2 Å². The van der Waals surface area contributed by atoms with Gasteiger partial charge in [0.2, 0.25) is 0 Å². The largest absolute Gasteiger partial charge is 0.334 e. The molecule has 1 aromatic heterocycles. The van der Waals surface area contributed by atoms with Gasteiger partial charge in [0, 0.05) is 18.7 Å². The minimum absolute atomic E-state index is 0.00973. The van der Waals surface area contributed by atoms with Gasteiger partial charge in [-0.1, -0.05) is 66.7 Å². The van der Waals surface area contributed by atoms with Crippen LogP contribution in [0.5, 0.6) is 0 Å². The van der Waals surface area contributed by atoms with Crippen molar-refractivity contribution in [1.29, 1.82) is 0 Å². The highest BCUT2D eigenvalue weighted by Crippen LogP contribution is 2.25. The molecule has 0 atom stereocenters. The molecule has 0 radical (unpaired) electrons. The Kier molecular flexibility index (Phi) is 5.75. The number of thiazole rings is 1. The first-order valence-electron chi connectivity index (χ1n) is 8.23. The van der Waals surface area contributed by atoms with E-state index in [0.29, 0.717) is 18.0 Å². The summed E-state index contributed by atoms with van der Waals surface area (Å²) in [5.41, 5.74) is 2.25. The molecule has 0 spiro atoms. The Hall–Kier alpha value is -2.72. The van der Waals surface area contributed by atoms with Gasteiger partial charge in [-0.3, -0.25) is 4.79 Å². The summed E-state index contributed by atoms with van der Waals surface area (Å²) >= 11 is 1.43. The third-order valence-electron chi connectivity index (χ3n) is 3.89. The summed E-state index contributed by atoms with van der Waals surface area (Å²) in [6.45, 7) is 4.97. The van der Waals surface area contributed by atoms with Crippen molar-refractivity contribution >= 4 is 17.2 Å². The number of carbonyl (C=O) groups is 1. The molecule has 25 heavy (non-hydrogen) atoms. The predicted molar refractivity (Wildman–Crippen MR) is 104 cm³/mol. The SMILES string of the molecule is C=CCN(CCc1ccccc1)C(=O)c1cnc(-c2ccccc2)s1. The zero-order chi connectivity index (χ0) is 17.5. The van der Waals surface area contributed by atoms with E-state index in [4.69, 9.17) is 0 Å². The molecule has 0 aliphatic carbocycles. The van der Waals surface area contributed by atoms with Crippen molar-refractivity contribution < 1.29 is 4.79 Å². The Morgan fingerprint density at radius 2 is 1.76 bits per heavy atom. The third kappa shape index (κ3) is 4.43. The number of hydrogen-bond acceptors (Lipinski definition) is 3. The Morgan fingerprint density at radius 3 is 2.44 bits per heavy atom. The zero-order valence-corrected chi connectivity index (χ0v) is 14.8. The lowest BCUT2D eigenvalue weighted by atomic mass is 10.1. The number of rotatable bonds is 7. The number of benzene rings is 2. The molecule has 3 aromatic rings. The number of nitrogens with zero attached hydrogens (tertiary/aromatic N) is 2. The standard InChI is InChI=1S/C21H20N2OS/c1-2-14-23(15-13-17-9-5-3-6-10-17)21(24)19-16-22-20(25-19)18-11-7-4-8-12-18/h2-12,16H,1,13-15H2. The molecule has 1 amide bonds. The van der Waals surface area contributed by atoms with E-state index in [-0.39, 0.29) is 5.91 Å². The molecule has 0 saturated heterocycles. The average Bonchev–Trinajstić information content (AvgIpc) is 3.16. The topological polar surface area (TPSA) is 33.2 Å². The fraction of sp³-hybridized carbons (Fsp3) is 0.143. The third-order valence-corrected chi connectivity index (χ3v) is 4.92. The van der Waals surface area contributed by atoms with Crippen molar-refractivity contribution in [1.82, 2.24) is 9.88 Å². The molecular weight excluding hydrogens is 328 g/mol. The summed E-state index contributed by atoms with van der Waals surface area (Å²) in [6, 6.07) is 20.1. The van der Waals surface area contributed by atoms with Gasteiger partial charge in [-0.15, -0.1) is 17.9 Å². The lowest BCUT2D eigenvalue weighted by Gasteiger charge is -2.20. The number of amides is 1. The maximum atomic E-state index is 12.8. The minimum Gasteiger partial charge on any atom is -0.334 e. The van der Waals surface area contributed by atoms with Crippen LogP contribution in [0.15, 0.2) is 79.5 Å². The van der Waals surface area contributed by atoms with Crippen LogP contribution in [0.2, 0.25) is 0 Å². The van der Waals surface area contributed by atoms with Crippen LogP contribution in [0, 0.1) is 0 Å². The van der Waals surface area contributed by atoms with E-state index < -0.39 is 0 Å². The summed E-state index contributed by atoms with van der Waals surface area (Å²) in [5, 5.41) is 0.866. The summed E-state index contributed by atoms with van der Waals surface area (Å²) in [7, 11) is 0. The summed E-state index contributed by atoms with van der Waals surface area (Å²) in [6.07, 6.45) is 4.26. The van der Waals surface area contributed by atoms with Gasteiger partial charge in [0.15, 0.2) is 0 Å². The highest BCUT2D eigenvalue weighted by atomic mass is 32.1. The molecular formula is C21H20N2OS. The van der Waals surface area contributed by atoms with E-state index in [1.54, 1.807) is 12.3 Å². The van der Waals surface area contributed by atoms with Crippen LogP contribution in [0.4, 0.5) is 0 Å². The Bertz CT molecular complexity index is 827. The van der Waals surface area contributed by atoms with Crippen molar-refractivity contribution in [3.63, 3.8) is 0 Å². The number of carbonyl (C=O) groups excluding carboxylic acids is 1. The normalized spacial score (nSPS) is 10.4. The van der Waals surface area contributed by atoms with Gasteiger partial charge >= 0.3 is 0 Å². The Morgan fingerprint density at radius 1 is 1.08 bits per heavy atom. The number of aromatic nitrogens is 1. The summed E-state index contributed by atoms with van der Waals surface area (Å²) in [5.74, 6) is 0.00973. The van der Waals surface area contributed by atoms with Gasteiger partial charge in [-0.2, -0.15) is 0 Å². The fourth-order valence-corrected chi connectivity index (χ4v) is 3.47. The van der Waals surface area contributed by atoms with Crippen molar-refractivity contribution in [2.45, 2.75) is 6.42 Å². The van der Waals surface area contributed by atoms with Crippen molar-refractivity contribution in [2.75, 3.05) is 13.1 Å². The molecule has 0 aliphatic heterocycles. The highest BCUT2D eigenvalue weighted by molar-refractivity contribution is 7.16. The van der Waals surface area contributed by atoms with Gasteiger partial charge in [0.25, 0.3) is 5.91 Å². The first kappa shape index (κ1) is 17.1. The predicted octanol–water partition coefficient (Wildman–Crippen LogP) is 4.68. The molecule has 0 aliphatic rings. The molecule has 3 rings (SSSR count). The van der Waals surface area contributed by atoms with E-state index >= 15 is 0 Å². The van der Waals surface area contributed by atoms with E-state index in [2.05, 4.69) is 23.7 Å². The van der Waals surface area contributed by atoms with E-state index in [1.165, 1.54) is 16.9 Å². The van der Waals surface area contributed by atoms with E-state index in [0.717, 1.165) is 17.0 Å². The smallest absolute Gasteiger partial charge is 0.265 e. The van der Waals surface area contributed by atoms with Crippen LogP contribution in [0.3, 0.4) is 0 Å². The fourth-order valence-electron chi connectivity index (χ4n) is 2.58. The highest BCUT2D eigenvalue weighted by Gasteiger charge is 2.18. The minimum atomic E-state index is 0.00973.